The number of unbranched alkanes of at least 4 members (excludes halogenated alkanes) is 1. The SMILES string of the molecule is CCCCN(CC)c1cc2c(cc1Cl)C=C(C(=O)O)C(C(F)(F)F)O2. The number of halogens is 4. The van der Waals surface area contributed by atoms with Crippen LogP contribution in [0.25, 0.3) is 6.08 Å². The fourth-order valence-electron chi connectivity index (χ4n) is 2.66. The third-order valence-corrected chi connectivity index (χ3v) is 4.27. The van der Waals surface area contributed by atoms with Crippen molar-refractivity contribution in [1.29, 1.82) is 0 Å². The maximum absolute atomic E-state index is 13.2. The third-order valence-electron chi connectivity index (χ3n) is 3.97. The molecule has 1 aliphatic rings. The van der Waals surface area contributed by atoms with E-state index in [1.807, 2.05) is 18.7 Å². The van der Waals surface area contributed by atoms with Gasteiger partial charge in [-0.25, -0.2) is 4.79 Å². The Labute approximate surface area is 148 Å². The van der Waals surface area contributed by atoms with Crippen LogP contribution in [0, 0.1) is 0 Å². The summed E-state index contributed by atoms with van der Waals surface area (Å²) in [7, 11) is 0. The summed E-state index contributed by atoms with van der Waals surface area (Å²) in [5, 5.41) is 9.39. The predicted octanol–water partition coefficient (Wildman–Crippen LogP) is 4.76. The average Bonchev–Trinajstić information content (AvgIpc) is 2.53. The number of carboxylic acid groups (broad SMARTS) is 1. The minimum atomic E-state index is -4.83. The summed E-state index contributed by atoms with van der Waals surface area (Å²) in [4.78, 5) is 13.1. The van der Waals surface area contributed by atoms with E-state index in [0.29, 0.717) is 23.8 Å². The van der Waals surface area contributed by atoms with E-state index in [1.165, 1.54) is 12.1 Å². The molecule has 0 saturated carbocycles. The number of hydrogen-bond acceptors (Lipinski definition) is 3. The van der Waals surface area contributed by atoms with Crippen LogP contribution in [0.1, 0.15) is 32.3 Å². The Hall–Kier alpha value is -1.89. The lowest BCUT2D eigenvalue weighted by Crippen LogP contribution is -2.40. The molecule has 138 valence electrons. The first kappa shape index (κ1) is 19.4. The van der Waals surface area contributed by atoms with Crippen LogP contribution in [0.5, 0.6) is 5.75 Å². The van der Waals surface area contributed by atoms with Crippen molar-refractivity contribution in [2.45, 2.75) is 39.0 Å². The average molecular weight is 378 g/mol. The Kier molecular flexibility index (Phi) is 5.87. The van der Waals surface area contributed by atoms with Crippen molar-refractivity contribution in [3.63, 3.8) is 0 Å². The number of benzene rings is 1. The third kappa shape index (κ3) is 4.21. The number of aliphatic carboxylic acids is 1. The largest absolute Gasteiger partial charge is 0.478 e. The van der Waals surface area contributed by atoms with Crippen molar-refractivity contribution in [2.24, 2.45) is 0 Å². The number of anilines is 1. The van der Waals surface area contributed by atoms with Crippen LogP contribution < -0.4 is 9.64 Å². The first-order valence-electron chi connectivity index (χ1n) is 7.95. The van der Waals surface area contributed by atoms with Gasteiger partial charge < -0.3 is 14.7 Å². The van der Waals surface area contributed by atoms with Gasteiger partial charge in [0.1, 0.15) is 5.75 Å². The monoisotopic (exact) mass is 377 g/mol. The van der Waals surface area contributed by atoms with Gasteiger partial charge in [-0.15, -0.1) is 0 Å². The normalized spacial score (nSPS) is 16.7. The van der Waals surface area contributed by atoms with Crippen molar-refractivity contribution in [3.8, 4) is 5.75 Å². The molecule has 8 heteroatoms. The summed E-state index contributed by atoms with van der Waals surface area (Å²) in [6, 6.07) is 2.89. The number of rotatable bonds is 6. The molecule has 1 atom stereocenters. The fraction of sp³-hybridized carbons (Fsp3) is 0.471. The Morgan fingerprint density at radius 3 is 2.56 bits per heavy atom. The predicted molar refractivity (Wildman–Crippen MR) is 90.3 cm³/mol. The molecule has 0 aromatic heterocycles. The highest BCUT2D eigenvalue weighted by molar-refractivity contribution is 6.33. The Morgan fingerprint density at radius 1 is 1.36 bits per heavy atom. The van der Waals surface area contributed by atoms with Gasteiger partial charge in [-0.2, -0.15) is 13.2 Å². The van der Waals surface area contributed by atoms with Gasteiger partial charge in [-0.05, 0) is 25.5 Å². The highest BCUT2D eigenvalue weighted by Crippen LogP contribution is 2.41. The minimum Gasteiger partial charge on any atom is -0.478 e. The molecule has 4 nitrogen and oxygen atoms in total. The van der Waals surface area contributed by atoms with Gasteiger partial charge in [0.15, 0.2) is 0 Å². The summed E-state index contributed by atoms with van der Waals surface area (Å²) >= 11 is 6.27. The number of carboxylic acids is 1. The maximum Gasteiger partial charge on any atom is 0.430 e. The summed E-state index contributed by atoms with van der Waals surface area (Å²) in [6.45, 7) is 5.31. The van der Waals surface area contributed by atoms with Gasteiger partial charge in [-0.1, -0.05) is 24.9 Å². The van der Waals surface area contributed by atoms with Crippen LogP contribution in [0.15, 0.2) is 17.7 Å². The van der Waals surface area contributed by atoms with E-state index in [0.717, 1.165) is 18.9 Å². The number of hydrogen-bond donors (Lipinski definition) is 1. The molecule has 0 aliphatic carbocycles. The zero-order valence-electron chi connectivity index (χ0n) is 13.9. The standard InChI is InChI=1S/C17H19ClF3NO3/c1-3-5-6-22(4-2)13-9-14-10(8-12(13)18)7-11(16(23)24)15(25-14)17(19,20)21/h7-9,15H,3-6H2,1-2H3,(H,23,24). The van der Waals surface area contributed by atoms with Crippen LogP contribution in [-0.2, 0) is 4.79 Å². The molecule has 1 aromatic rings. The van der Waals surface area contributed by atoms with Crippen molar-refractivity contribution in [1.82, 2.24) is 0 Å². The van der Waals surface area contributed by atoms with Gasteiger partial charge in [-0.3, -0.25) is 0 Å². The summed E-state index contributed by atoms with van der Waals surface area (Å²) < 4.78 is 44.5. The number of ether oxygens (including phenoxy) is 1. The van der Waals surface area contributed by atoms with Crippen LogP contribution in [0.4, 0.5) is 18.9 Å². The topological polar surface area (TPSA) is 49.8 Å². The smallest absolute Gasteiger partial charge is 0.430 e. The molecule has 2 rings (SSSR count). The second kappa shape index (κ2) is 7.56. The van der Waals surface area contributed by atoms with Gasteiger partial charge >= 0.3 is 12.1 Å². The lowest BCUT2D eigenvalue weighted by atomic mass is 10.0. The maximum atomic E-state index is 13.2. The second-order valence-electron chi connectivity index (χ2n) is 5.72. The molecule has 1 N–H and O–H groups in total. The van der Waals surface area contributed by atoms with E-state index in [2.05, 4.69) is 0 Å². The number of nitrogens with zero attached hydrogens (tertiary/aromatic N) is 1. The lowest BCUT2D eigenvalue weighted by Gasteiger charge is -2.30. The van der Waals surface area contributed by atoms with E-state index in [4.69, 9.17) is 21.4 Å². The molecule has 1 unspecified atom stereocenters. The van der Waals surface area contributed by atoms with Gasteiger partial charge in [0.05, 0.1) is 16.3 Å². The van der Waals surface area contributed by atoms with E-state index in [-0.39, 0.29) is 11.3 Å². The Morgan fingerprint density at radius 2 is 2.04 bits per heavy atom. The van der Waals surface area contributed by atoms with Gasteiger partial charge in [0.2, 0.25) is 6.10 Å². The number of carbonyl (C=O) groups is 1. The molecule has 0 bridgehead atoms. The quantitative estimate of drug-likeness (QED) is 0.776. The Balaban J connectivity index is 2.48. The van der Waals surface area contributed by atoms with Crippen LogP contribution >= 0.6 is 11.6 Å². The molecule has 0 fully saturated rings. The van der Waals surface area contributed by atoms with Crippen molar-refractivity contribution in [3.05, 3.63) is 28.3 Å². The molecule has 1 aromatic carbocycles. The van der Waals surface area contributed by atoms with E-state index in [1.54, 1.807) is 0 Å². The fourth-order valence-corrected chi connectivity index (χ4v) is 2.96. The highest BCUT2D eigenvalue weighted by atomic mass is 35.5. The second-order valence-corrected chi connectivity index (χ2v) is 6.13. The molecule has 0 saturated heterocycles. The Bertz CT molecular complexity index is 688. The molecule has 0 radical (unpaired) electrons. The first-order valence-corrected chi connectivity index (χ1v) is 8.33. The van der Waals surface area contributed by atoms with Gasteiger partial charge in [0, 0.05) is 24.7 Å². The van der Waals surface area contributed by atoms with Crippen LogP contribution in [-0.4, -0.2) is 36.4 Å². The van der Waals surface area contributed by atoms with Gasteiger partial charge in [0.25, 0.3) is 0 Å². The van der Waals surface area contributed by atoms with Crippen molar-refractivity contribution in [2.75, 3.05) is 18.0 Å². The lowest BCUT2D eigenvalue weighted by molar-refractivity contribution is -0.187. The van der Waals surface area contributed by atoms with Crippen LogP contribution in [0.2, 0.25) is 5.02 Å². The van der Waals surface area contributed by atoms with Crippen molar-refractivity contribution < 1.29 is 27.8 Å². The molecular weight excluding hydrogens is 359 g/mol. The summed E-state index contributed by atoms with van der Waals surface area (Å²) in [5.41, 5.74) is -0.0650. The molecule has 1 aliphatic heterocycles. The first-order chi connectivity index (χ1) is 11.7. The van der Waals surface area contributed by atoms with Crippen LogP contribution in [0.3, 0.4) is 0 Å². The molecule has 25 heavy (non-hydrogen) atoms. The number of fused-ring (bicyclic) bond motifs is 1. The zero-order valence-corrected chi connectivity index (χ0v) is 14.6. The zero-order chi connectivity index (χ0) is 18.8. The van der Waals surface area contributed by atoms with E-state index in [9.17, 15) is 18.0 Å². The minimum absolute atomic E-state index is 0.0262. The summed E-state index contributed by atoms with van der Waals surface area (Å²) in [5.74, 6) is -1.70. The summed E-state index contributed by atoms with van der Waals surface area (Å²) in [6.07, 6.45) is -4.48. The van der Waals surface area contributed by atoms with E-state index < -0.39 is 23.8 Å². The van der Waals surface area contributed by atoms with E-state index >= 15 is 0 Å². The molecule has 0 spiro atoms. The molecule has 1 heterocycles. The highest BCUT2D eigenvalue weighted by Gasteiger charge is 2.48. The number of alkyl halides is 3. The molecule has 0 amide bonds. The van der Waals surface area contributed by atoms with Crippen molar-refractivity contribution >= 4 is 29.3 Å². The molecular formula is C17H19ClF3NO3.